The Morgan fingerprint density at radius 1 is 0.865 bits per heavy atom. The Morgan fingerprint density at radius 3 is 2.24 bits per heavy atom. The van der Waals surface area contributed by atoms with Gasteiger partial charge in [0.05, 0.1) is 11.9 Å². The Kier molecular flexibility index (Phi) is 6.20. The average Bonchev–Trinajstić information content (AvgIpc) is 3.36. The van der Waals surface area contributed by atoms with Crippen LogP contribution in [0.2, 0.25) is 0 Å². The maximum Gasteiger partial charge on any atom is 0.233 e. The quantitative estimate of drug-likeness (QED) is 0.423. The Labute approximate surface area is 218 Å². The number of anilines is 2. The molecule has 3 aromatic heterocycles. The molecule has 2 aliphatic rings. The normalized spacial score (nSPS) is 22.0. The highest BCUT2D eigenvalue weighted by atomic mass is 15.4. The van der Waals surface area contributed by atoms with Gasteiger partial charge in [-0.3, -0.25) is 4.90 Å². The van der Waals surface area contributed by atoms with Crippen molar-refractivity contribution in [1.29, 1.82) is 0 Å². The molecule has 0 N–H and O–H groups in total. The zero-order chi connectivity index (χ0) is 25.7. The standard InChI is InChI=1S/C28H37N9/c1-19-17-36(18-20(2)34(19)5)28-32-31-26-16-29-25-11-10-24(30-27(25)37(26)28)21-6-8-23(9-7-21)35-14-12-22(13-15-35)33(3)4/h6-11,16,19-20,22H,12-15,17-18H2,1-5H3/t19-,20+. The van der Waals surface area contributed by atoms with Crippen molar-refractivity contribution >= 4 is 28.4 Å². The number of piperazine rings is 1. The fourth-order valence-electron chi connectivity index (χ4n) is 5.82. The fourth-order valence-corrected chi connectivity index (χ4v) is 5.82. The van der Waals surface area contributed by atoms with Crippen molar-refractivity contribution in [1.82, 2.24) is 34.4 Å². The summed E-state index contributed by atoms with van der Waals surface area (Å²) in [5.41, 5.74) is 5.67. The van der Waals surface area contributed by atoms with Crippen LogP contribution in [0.15, 0.2) is 42.6 Å². The zero-order valence-electron chi connectivity index (χ0n) is 22.5. The van der Waals surface area contributed by atoms with Crippen molar-refractivity contribution < 1.29 is 0 Å². The van der Waals surface area contributed by atoms with E-state index in [4.69, 9.17) is 4.98 Å². The molecule has 0 aliphatic carbocycles. The molecule has 4 aromatic rings. The van der Waals surface area contributed by atoms with Gasteiger partial charge in [-0.1, -0.05) is 12.1 Å². The van der Waals surface area contributed by atoms with Crippen LogP contribution in [0, 0.1) is 0 Å². The maximum absolute atomic E-state index is 5.09. The molecule has 194 valence electrons. The van der Waals surface area contributed by atoms with Gasteiger partial charge in [0.1, 0.15) is 5.52 Å². The SMILES string of the molecule is C[C@@H]1CN(c2nnc3cnc4ccc(-c5ccc(N6CCC(N(C)C)CC6)cc5)nc4n23)C[C@H](C)N1C. The third-order valence-corrected chi connectivity index (χ3v) is 8.42. The Hall–Kier alpha value is -3.30. The molecule has 9 nitrogen and oxygen atoms in total. The maximum atomic E-state index is 5.09. The molecule has 1 aromatic carbocycles. The summed E-state index contributed by atoms with van der Waals surface area (Å²) in [5, 5.41) is 9.02. The predicted octanol–water partition coefficient (Wildman–Crippen LogP) is 3.40. The van der Waals surface area contributed by atoms with Crippen LogP contribution in [0.25, 0.3) is 28.1 Å². The lowest BCUT2D eigenvalue weighted by Crippen LogP contribution is -2.55. The topological polar surface area (TPSA) is 68.9 Å². The molecular weight excluding hydrogens is 462 g/mol. The number of hydrogen-bond donors (Lipinski definition) is 0. The van der Waals surface area contributed by atoms with Crippen molar-refractivity contribution in [3.63, 3.8) is 0 Å². The first-order valence-electron chi connectivity index (χ1n) is 13.4. The van der Waals surface area contributed by atoms with Crippen LogP contribution in [0.5, 0.6) is 0 Å². The second kappa shape index (κ2) is 9.54. The van der Waals surface area contributed by atoms with Crippen LogP contribution in [-0.4, -0.2) is 99.8 Å². The number of likely N-dealkylation sites (N-methyl/N-ethyl adjacent to an activating group) is 1. The van der Waals surface area contributed by atoms with Crippen molar-refractivity contribution in [3.8, 4) is 11.3 Å². The highest BCUT2D eigenvalue weighted by molar-refractivity contribution is 5.79. The molecule has 0 amide bonds. The van der Waals surface area contributed by atoms with E-state index < -0.39 is 0 Å². The lowest BCUT2D eigenvalue weighted by molar-refractivity contribution is 0.169. The Balaban J connectivity index is 1.31. The smallest absolute Gasteiger partial charge is 0.233 e. The molecule has 0 radical (unpaired) electrons. The van der Waals surface area contributed by atoms with Gasteiger partial charge in [0.25, 0.3) is 0 Å². The number of benzene rings is 1. The zero-order valence-corrected chi connectivity index (χ0v) is 22.5. The van der Waals surface area contributed by atoms with Gasteiger partial charge >= 0.3 is 0 Å². The van der Waals surface area contributed by atoms with Gasteiger partial charge in [0.2, 0.25) is 5.95 Å². The summed E-state index contributed by atoms with van der Waals surface area (Å²) in [6.07, 6.45) is 4.20. The molecule has 0 bridgehead atoms. The number of aromatic nitrogens is 5. The summed E-state index contributed by atoms with van der Waals surface area (Å²) in [5.74, 6) is 0.843. The minimum Gasteiger partial charge on any atom is -0.371 e. The third kappa shape index (κ3) is 4.40. The Bertz CT molecular complexity index is 1380. The first-order chi connectivity index (χ1) is 17.9. The van der Waals surface area contributed by atoms with Gasteiger partial charge in [-0.05, 0) is 72.1 Å². The van der Waals surface area contributed by atoms with Gasteiger partial charge < -0.3 is 14.7 Å². The number of fused-ring (bicyclic) bond motifs is 3. The van der Waals surface area contributed by atoms with Crippen LogP contribution in [0.4, 0.5) is 11.6 Å². The monoisotopic (exact) mass is 499 g/mol. The summed E-state index contributed by atoms with van der Waals surface area (Å²) in [4.78, 5) is 19.3. The van der Waals surface area contributed by atoms with E-state index in [-0.39, 0.29) is 0 Å². The lowest BCUT2D eigenvalue weighted by Gasteiger charge is -2.42. The third-order valence-electron chi connectivity index (χ3n) is 8.42. The molecule has 0 saturated carbocycles. The van der Waals surface area contributed by atoms with Gasteiger partial charge in [0.15, 0.2) is 11.3 Å². The van der Waals surface area contributed by atoms with E-state index in [1.54, 1.807) is 6.20 Å². The molecule has 0 unspecified atom stereocenters. The first kappa shape index (κ1) is 24.1. The summed E-state index contributed by atoms with van der Waals surface area (Å²) in [7, 11) is 6.56. The summed E-state index contributed by atoms with van der Waals surface area (Å²) >= 11 is 0. The molecule has 5 heterocycles. The van der Waals surface area contributed by atoms with Crippen LogP contribution >= 0.6 is 0 Å². The minimum absolute atomic E-state index is 0.430. The molecule has 6 rings (SSSR count). The summed E-state index contributed by atoms with van der Waals surface area (Å²) in [6.45, 7) is 8.52. The van der Waals surface area contributed by atoms with E-state index in [0.29, 0.717) is 18.1 Å². The highest BCUT2D eigenvalue weighted by Crippen LogP contribution is 2.28. The number of pyridine rings is 1. The van der Waals surface area contributed by atoms with E-state index in [0.717, 1.165) is 60.2 Å². The van der Waals surface area contributed by atoms with Gasteiger partial charge in [-0.25, -0.2) is 14.4 Å². The second-order valence-electron chi connectivity index (χ2n) is 11.0. The molecule has 2 fully saturated rings. The molecular formula is C28H37N9. The summed E-state index contributed by atoms with van der Waals surface area (Å²) < 4.78 is 2.07. The molecule has 37 heavy (non-hydrogen) atoms. The van der Waals surface area contributed by atoms with E-state index in [1.807, 2.05) is 0 Å². The lowest BCUT2D eigenvalue weighted by atomic mass is 10.0. The van der Waals surface area contributed by atoms with Crippen LogP contribution in [0.1, 0.15) is 26.7 Å². The van der Waals surface area contributed by atoms with Crippen LogP contribution < -0.4 is 9.80 Å². The fraction of sp³-hybridized carbons (Fsp3) is 0.500. The van der Waals surface area contributed by atoms with Crippen LogP contribution in [-0.2, 0) is 0 Å². The number of hydrogen-bond acceptors (Lipinski definition) is 8. The second-order valence-corrected chi connectivity index (χ2v) is 11.0. The van der Waals surface area contributed by atoms with Crippen molar-refractivity contribution in [2.24, 2.45) is 0 Å². The number of nitrogens with zero attached hydrogens (tertiary/aromatic N) is 9. The van der Waals surface area contributed by atoms with E-state index in [2.05, 4.69) is 111 Å². The number of rotatable bonds is 4. The van der Waals surface area contributed by atoms with Gasteiger partial charge in [-0.15, -0.1) is 10.2 Å². The molecule has 9 heteroatoms. The van der Waals surface area contributed by atoms with Crippen molar-refractivity contribution in [3.05, 3.63) is 42.6 Å². The van der Waals surface area contributed by atoms with E-state index in [1.165, 1.54) is 18.5 Å². The van der Waals surface area contributed by atoms with Crippen molar-refractivity contribution in [2.45, 2.75) is 44.8 Å². The molecule has 2 saturated heterocycles. The van der Waals surface area contributed by atoms with E-state index >= 15 is 0 Å². The molecule has 2 atom stereocenters. The van der Waals surface area contributed by atoms with Gasteiger partial charge in [0, 0.05) is 55.6 Å². The average molecular weight is 500 g/mol. The van der Waals surface area contributed by atoms with Crippen LogP contribution in [0.3, 0.4) is 0 Å². The number of piperidine rings is 1. The Morgan fingerprint density at radius 2 is 1.57 bits per heavy atom. The molecule has 0 spiro atoms. The minimum atomic E-state index is 0.430. The van der Waals surface area contributed by atoms with Gasteiger partial charge in [-0.2, -0.15) is 0 Å². The van der Waals surface area contributed by atoms with Crippen molar-refractivity contribution in [2.75, 3.05) is 57.1 Å². The van der Waals surface area contributed by atoms with E-state index in [9.17, 15) is 0 Å². The highest BCUT2D eigenvalue weighted by Gasteiger charge is 2.29. The predicted molar refractivity (Wildman–Crippen MR) is 149 cm³/mol. The summed E-state index contributed by atoms with van der Waals surface area (Å²) in [6, 6.07) is 14.5. The largest absolute Gasteiger partial charge is 0.371 e. The first-order valence-corrected chi connectivity index (χ1v) is 13.4. The molecule has 2 aliphatic heterocycles.